The molecule has 1 heterocycles. The van der Waals surface area contributed by atoms with Crippen LogP contribution in [0.15, 0.2) is 12.1 Å². The first kappa shape index (κ1) is 10.3. The summed E-state index contributed by atoms with van der Waals surface area (Å²) in [7, 11) is 0. The summed E-state index contributed by atoms with van der Waals surface area (Å²) in [5.74, 6) is 1.11. The van der Waals surface area contributed by atoms with Gasteiger partial charge in [-0.25, -0.2) is 0 Å². The lowest BCUT2D eigenvalue weighted by atomic mass is 10.0. The van der Waals surface area contributed by atoms with E-state index < -0.39 is 0 Å². The molecule has 2 rings (SSSR count). The van der Waals surface area contributed by atoms with Gasteiger partial charge in [0.2, 0.25) is 0 Å². The zero-order valence-corrected chi connectivity index (χ0v) is 9.16. The molecule has 0 spiro atoms. The third-order valence-corrected chi connectivity index (χ3v) is 2.64. The minimum atomic E-state index is 0.0636. The number of nitrogens with two attached hydrogens (primary N) is 1. The molecule has 0 bridgehead atoms. The largest absolute Gasteiger partial charge is 0.508 e. The fourth-order valence-electron chi connectivity index (χ4n) is 2.01. The van der Waals surface area contributed by atoms with E-state index in [4.69, 9.17) is 10.5 Å². The molecule has 1 aliphatic heterocycles. The van der Waals surface area contributed by atoms with Gasteiger partial charge in [0.1, 0.15) is 17.6 Å². The number of hydrogen-bond donors (Lipinski definition) is 2. The molecule has 0 saturated heterocycles. The van der Waals surface area contributed by atoms with Crippen LogP contribution in [-0.2, 0) is 12.8 Å². The number of hydrogen-bond acceptors (Lipinski definition) is 3. The van der Waals surface area contributed by atoms with Crippen molar-refractivity contribution in [2.45, 2.75) is 38.8 Å². The molecule has 0 aliphatic carbocycles. The molecule has 3 nitrogen and oxygen atoms in total. The molecular formula is C12H17NO2. The van der Waals surface area contributed by atoms with Crippen LogP contribution in [0.3, 0.4) is 0 Å². The Morgan fingerprint density at radius 1 is 1.60 bits per heavy atom. The standard InChI is InChI=1S/C12H17NO2/c1-7(13)3-9-5-10-4-8(2)15-12(10)6-11(9)14/h5-8,14H,3-4,13H2,1-2H3. The van der Waals surface area contributed by atoms with Gasteiger partial charge in [-0.15, -0.1) is 0 Å². The SMILES string of the molecule is CC(N)Cc1cc2c(cc1O)OC(C)C2. The van der Waals surface area contributed by atoms with Gasteiger partial charge in [0.15, 0.2) is 0 Å². The predicted molar refractivity (Wildman–Crippen MR) is 59.3 cm³/mol. The van der Waals surface area contributed by atoms with E-state index in [0.29, 0.717) is 12.2 Å². The summed E-state index contributed by atoms with van der Waals surface area (Å²) in [5, 5.41) is 9.77. The molecule has 0 amide bonds. The maximum Gasteiger partial charge on any atom is 0.126 e. The lowest BCUT2D eigenvalue weighted by Crippen LogP contribution is -2.17. The first-order chi connectivity index (χ1) is 7.06. The second-order valence-electron chi connectivity index (χ2n) is 4.40. The molecule has 2 unspecified atom stereocenters. The fourth-order valence-corrected chi connectivity index (χ4v) is 2.01. The Bertz CT molecular complexity index is 374. The van der Waals surface area contributed by atoms with Crippen LogP contribution in [-0.4, -0.2) is 17.3 Å². The molecule has 1 aromatic carbocycles. The van der Waals surface area contributed by atoms with Crippen LogP contribution < -0.4 is 10.5 Å². The van der Waals surface area contributed by atoms with E-state index in [1.54, 1.807) is 6.07 Å². The van der Waals surface area contributed by atoms with Crippen molar-refractivity contribution in [3.05, 3.63) is 23.3 Å². The molecule has 82 valence electrons. The van der Waals surface area contributed by atoms with E-state index in [2.05, 4.69) is 0 Å². The second kappa shape index (κ2) is 3.74. The van der Waals surface area contributed by atoms with Crippen LogP contribution in [0.25, 0.3) is 0 Å². The summed E-state index contributed by atoms with van der Waals surface area (Å²) >= 11 is 0. The van der Waals surface area contributed by atoms with Crippen molar-refractivity contribution in [1.82, 2.24) is 0 Å². The van der Waals surface area contributed by atoms with Crippen LogP contribution in [0.5, 0.6) is 11.5 Å². The van der Waals surface area contributed by atoms with E-state index in [1.165, 1.54) is 5.56 Å². The predicted octanol–water partition coefficient (Wildman–Crippen LogP) is 1.61. The van der Waals surface area contributed by atoms with E-state index in [9.17, 15) is 5.11 Å². The smallest absolute Gasteiger partial charge is 0.126 e. The Hall–Kier alpha value is -1.22. The number of phenols is 1. The number of aromatic hydroxyl groups is 1. The molecule has 15 heavy (non-hydrogen) atoms. The molecule has 1 aliphatic rings. The van der Waals surface area contributed by atoms with Crippen molar-refractivity contribution in [1.29, 1.82) is 0 Å². The van der Waals surface area contributed by atoms with Crippen molar-refractivity contribution in [2.75, 3.05) is 0 Å². The van der Waals surface area contributed by atoms with Crippen LogP contribution in [0, 0.1) is 0 Å². The Morgan fingerprint density at radius 3 is 3.00 bits per heavy atom. The molecule has 1 aromatic rings. The van der Waals surface area contributed by atoms with E-state index in [-0.39, 0.29) is 12.1 Å². The molecule has 2 atom stereocenters. The summed E-state index contributed by atoms with van der Waals surface area (Å²) in [4.78, 5) is 0. The molecule has 0 saturated carbocycles. The van der Waals surface area contributed by atoms with Gasteiger partial charge in [0.25, 0.3) is 0 Å². The van der Waals surface area contributed by atoms with Crippen molar-refractivity contribution < 1.29 is 9.84 Å². The Labute approximate surface area is 89.9 Å². The van der Waals surface area contributed by atoms with Gasteiger partial charge in [-0.05, 0) is 37.5 Å². The zero-order chi connectivity index (χ0) is 11.0. The zero-order valence-electron chi connectivity index (χ0n) is 9.16. The van der Waals surface area contributed by atoms with Crippen LogP contribution in [0.2, 0.25) is 0 Å². The van der Waals surface area contributed by atoms with E-state index >= 15 is 0 Å². The number of benzene rings is 1. The first-order valence-electron chi connectivity index (χ1n) is 5.33. The van der Waals surface area contributed by atoms with Gasteiger partial charge in [0, 0.05) is 18.5 Å². The molecular weight excluding hydrogens is 190 g/mol. The number of ether oxygens (including phenoxy) is 1. The summed E-state index contributed by atoms with van der Waals surface area (Å²) in [6, 6.07) is 3.78. The van der Waals surface area contributed by atoms with Gasteiger partial charge in [-0.1, -0.05) is 0 Å². The van der Waals surface area contributed by atoms with Gasteiger partial charge in [-0.3, -0.25) is 0 Å². The minimum absolute atomic E-state index is 0.0636. The van der Waals surface area contributed by atoms with Crippen molar-refractivity contribution in [2.24, 2.45) is 5.73 Å². The average Bonchev–Trinajstić information content (AvgIpc) is 2.44. The Balaban J connectivity index is 2.31. The normalized spacial score (nSPS) is 20.9. The highest BCUT2D eigenvalue weighted by molar-refractivity contribution is 5.48. The lowest BCUT2D eigenvalue weighted by molar-refractivity contribution is 0.254. The average molecular weight is 207 g/mol. The molecule has 0 aromatic heterocycles. The number of phenolic OH excluding ortho intramolecular Hbond substituents is 1. The van der Waals surface area contributed by atoms with Crippen LogP contribution in [0.1, 0.15) is 25.0 Å². The van der Waals surface area contributed by atoms with Crippen molar-refractivity contribution >= 4 is 0 Å². The first-order valence-corrected chi connectivity index (χ1v) is 5.33. The molecule has 3 heteroatoms. The minimum Gasteiger partial charge on any atom is -0.508 e. The lowest BCUT2D eigenvalue weighted by Gasteiger charge is -2.09. The third-order valence-electron chi connectivity index (χ3n) is 2.64. The topological polar surface area (TPSA) is 55.5 Å². The molecule has 0 radical (unpaired) electrons. The summed E-state index contributed by atoms with van der Waals surface area (Å²) in [5.41, 5.74) is 7.82. The van der Waals surface area contributed by atoms with Crippen molar-refractivity contribution in [3.63, 3.8) is 0 Å². The maximum absolute atomic E-state index is 9.77. The highest BCUT2D eigenvalue weighted by Crippen LogP contribution is 2.34. The molecule has 0 fully saturated rings. The van der Waals surface area contributed by atoms with Gasteiger partial charge < -0.3 is 15.6 Å². The number of rotatable bonds is 2. The third kappa shape index (κ3) is 2.07. The van der Waals surface area contributed by atoms with E-state index in [1.807, 2.05) is 19.9 Å². The van der Waals surface area contributed by atoms with Crippen LogP contribution >= 0.6 is 0 Å². The fraction of sp³-hybridized carbons (Fsp3) is 0.500. The Kier molecular flexibility index (Phi) is 2.57. The van der Waals surface area contributed by atoms with Gasteiger partial charge in [-0.2, -0.15) is 0 Å². The van der Waals surface area contributed by atoms with Gasteiger partial charge in [0.05, 0.1) is 0 Å². The highest BCUT2D eigenvalue weighted by Gasteiger charge is 2.21. The molecule has 3 N–H and O–H groups in total. The summed E-state index contributed by atoms with van der Waals surface area (Å²) in [6.07, 6.45) is 1.83. The summed E-state index contributed by atoms with van der Waals surface area (Å²) in [6.45, 7) is 3.97. The van der Waals surface area contributed by atoms with Gasteiger partial charge >= 0.3 is 0 Å². The number of fused-ring (bicyclic) bond motifs is 1. The van der Waals surface area contributed by atoms with E-state index in [0.717, 1.165) is 17.7 Å². The summed E-state index contributed by atoms with van der Waals surface area (Å²) < 4.78 is 5.56. The van der Waals surface area contributed by atoms with Crippen molar-refractivity contribution in [3.8, 4) is 11.5 Å². The monoisotopic (exact) mass is 207 g/mol. The maximum atomic E-state index is 9.77. The Morgan fingerprint density at radius 2 is 2.33 bits per heavy atom. The second-order valence-corrected chi connectivity index (χ2v) is 4.40. The quantitative estimate of drug-likeness (QED) is 0.774. The van der Waals surface area contributed by atoms with Crippen LogP contribution in [0.4, 0.5) is 0 Å². The highest BCUT2D eigenvalue weighted by atomic mass is 16.5.